The quantitative estimate of drug-likeness (QED) is 0.807. The van der Waals surface area contributed by atoms with Crippen LogP contribution in [0, 0.1) is 12.7 Å². The molecule has 106 valence electrons. The third-order valence-electron chi connectivity index (χ3n) is 3.33. The van der Waals surface area contributed by atoms with E-state index in [2.05, 4.69) is 0 Å². The Morgan fingerprint density at radius 1 is 1.29 bits per heavy atom. The van der Waals surface area contributed by atoms with Gasteiger partial charge in [-0.1, -0.05) is 17.7 Å². The van der Waals surface area contributed by atoms with Gasteiger partial charge in [0, 0.05) is 11.1 Å². The fraction of sp³-hybridized carbons (Fsp3) is 0.0625. The Morgan fingerprint density at radius 3 is 2.76 bits per heavy atom. The van der Waals surface area contributed by atoms with Crippen molar-refractivity contribution < 1.29 is 19.0 Å². The molecule has 0 spiro atoms. The second-order valence-corrected chi connectivity index (χ2v) is 5.07. The molecule has 0 aromatic heterocycles. The zero-order chi connectivity index (χ0) is 15.1. The number of halogens is 2. The zero-order valence-corrected chi connectivity index (χ0v) is 11.7. The minimum atomic E-state index is -0.540. The highest BCUT2D eigenvalue weighted by atomic mass is 35.5. The second-order valence-electron chi connectivity index (χ2n) is 4.66. The maximum absolute atomic E-state index is 13.8. The molecule has 0 aliphatic carbocycles. The molecular weight excluding hydrogens is 295 g/mol. The number of fused-ring (bicyclic) bond motifs is 1. The van der Waals surface area contributed by atoms with E-state index in [9.17, 15) is 14.3 Å². The van der Waals surface area contributed by atoms with E-state index < -0.39 is 5.82 Å². The van der Waals surface area contributed by atoms with Crippen LogP contribution in [0.1, 0.15) is 21.5 Å². The molecule has 0 unspecified atom stereocenters. The van der Waals surface area contributed by atoms with Crippen LogP contribution in [-0.4, -0.2) is 10.9 Å². The number of Topliss-reactive ketones (excluding diaryl/α,β-unsaturated/α-hetero) is 1. The normalized spacial score (nSPS) is 15.2. The Morgan fingerprint density at radius 2 is 2.05 bits per heavy atom. The van der Waals surface area contributed by atoms with Crippen LogP contribution in [-0.2, 0) is 0 Å². The van der Waals surface area contributed by atoms with E-state index in [0.29, 0.717) is 16.9 Å². The average Bonchev–Trinajstić information content (AvgIpc) is 2.76. The van der Waals surface area contributed by atoms with Crippen LogP contribution in [0.3, 0.4) is 0 Å². The number of carbonyl (C=O) groups is 1. The minimum Gasteiger partial charge on any atom is -0.508 e. The zero-order valence-electron chi connectivity index (χ0n) is 11.0. The lowest BCUT2D eigenvalue weighted by atomic mass is 10.1. The average molecular weight is 305 g/mol. The number of hydrogen-bond donors (Lipinski definition) is 1. The first-order valence-electron chi connectivity index (χ1n) is 6.20. The Bertz CT molecular complexity index is 776. The van der Waals surface area contributed by atoms with Crippen LogP contribution in [0.2, 0.25) is 5.02 Å². The molecule has 0 atom stereocenters. The predicted molar refractivity (Wildman–Crippen MR) is 77.2 cm³/mol. The van der Waals surface area contributed by atoms with Crippen LogP contribution in [0.5, 0.6) is 11.5 Å². The lowest BCUT2D eigenvalue weighted by molar-refractivity contribution is 0.101. The van der Waals surface area contributed by atoms with Gasteiger partial charge in [0.05, 0.1) is 10.6 Å². The van der Waals surface area contributed by atoms with Crippen molar-refractivity contribution in [2.24, 2.45) is 0 Å². The SMILES string of the molecule is Cc1c(O)ccc2c1O/C(=C\c1c(F)cccc1Cl)C2=O. The van der Waals surface area contributed by atoms with E-state index in [1.54, 1.807) is 6.92 Å². The summed E-state index contributed by atoms with van der Waals surface area (Å²) < 4.78 is 19.2. The first kappa shape index (κ1) is 13.6. The van der Waals surface area contributed by atoms with E-state index in [4.69, 9.17) is 16.3 Å². The summed E-state index contributed by atoms with van der Waals surface area (Å²) >= 11 is 5.93. The number of aromatic hydroxyl groups is 1. The number of benzene rings is 2. The number of rotatable bonds is 1. The third kappa shape index (κ3) is 2.17. The Kier molecular flexibility index (Phi) is 3.18. The maximum Gasteiger partial charge on any atom is 0.231 e. The highest BCUT2D eigenvalue weighted by molar-refractivity contribution is 6.32. The summed E-state index contributed by atoms with van der Waals surface area (Å²) in [6.45, 7) is 1.64. The first-order valence-corrected chi connectivity index (χ1v) is 6.57. The number of allylic oxidation sites excluding steroid dienone is 1. The van der Waals surface area contributed by atoms with Gasteiger partial charge >= 0.3 is 0 Å². The number of hydrogen-bond acceptors (Lipinski definition) is 3. The van der Waals surface area contributed by atoms with Gasteiger partial charge in [0.1, 0.15) is 17.3 Å². The lowest BCUT2D eigenvalue weighted by Crippen LogP contribution is -1.99. The van der Waals surface area contributed by atoms with Gasteiger partial charge in [-0.25, -0.2) is 4.39 Å². The summed E-state index contributed by atoms with van der Waals surface area (Å²) in [5.74, 6) is -0.606. The van der Waals surface area contributed by atoms with Crippen molar-refractivity contribution in [3.63, 3.8) is 0 Å². The van der Waals surface area contributed by atoms with Crippen molar-refractivity contribution in [3.8, 4) is 11.5 Å². The Labute approximate surface area is 125 Å². The second kappa shape index (κ2) is 4.90. The molecule has 0 fully saturated rings. The van der Waals surface area contributed by atoms with Crippen LogP contribution in [0.4, 0.5) is 4.39 Å². The van der Waals surface area contributed by atoms with Crippen molar-refractivity contribution in [2.45, 2.75) is 6.92 Å². The number of carbonyl (C=O) groups excluding carboxylic acids is 1. The Hall–Kier alpha value is -2.33. The minimum absolute atomic E-state index is 0.0225. The molecule has 2 aromatic rings. The number of phenols is 1. The summed E-state index contributed by atoms with van der Waals surface area (Å²) in [4.78, 5) is 12.2. The lowest BCUT2D eigenvalue weighted by Gasteiger charge is -2.04. The van der Waals surface area contributed by atoms with Gasteiger partial charge in [-0.15, -0.1) is 0 Å². The van der Waals surface area contributed by atoms with Gasteiger partial charge in [-0.3, -0.25) is 4.79 Å². The number of ketones is 1. The predicted octanol–water partition coefficient (Wildman–Crippen LogP) is 4.11. The molecule has 0 amide bonds. The summed E-state index contributed by atoms with van der Waals surface area (Å²) in [7, 11) is 0. The summed E-state index contributed by atoms with van der Waals surface area (Å²) in [6.07, 6.45) is 1.27. The van der Waals surface area contributed by atoms with Crippen LogP contribution >= 0.6 is 11.6 Å². The highest BCUT2D eigenvalue weighted by Crippen LogP contribution is 2.39. The van der Waals surface area contributed by atoms with Crippen molar-refractivity contribution in [1.82, 2.24) is 0 Å². The molecule has 1 N–H and O–H groups in total. The van der Waals surface area contributed by atoms with Gasteiger partial charge < -0.3 is 9.84 Å². The standard InChI is InChI=1S/C16H10ClFO3/c1-8-13(19)6-5-9-15(20)14(21-16(8)9)7-10-11(17)3-2-4-12(10)18/h2-7,19H,1H3/b14-7-. The molecule has 5 heteroatoms. The Balaban J connectivity index is 2.10. The molecule has 21 heavy (non-hydrogen) atoms. The fourth-order valence-electron chi connectivity index (χ4n) is 2.16. The van der Waals surface area contributed by atoms with Crippen LogP contribution in [0.15, 0.2) is 36.1 Å². The summed E-state index contributed by atoms with van der Waals surface area (Å²) in [6, 6.07) is 7.16. The van der Waals surface area contributed by atoms with Crippen molar-refractivity contribution in [2.75, 3.05) is 0 Å². The van der Waals surface area contributed by atoms with Crippen molar-refractivity contribution >= 4 is 23.5 Å². The van der Waals surface area contributed by atoms with Gasteiger partial charge in [0.2, 0.25) is 5.78 Å². The smallest absolute Gasteiger partial charge is 0.231 e. The molecule has 0 radical (unpaired) electrons. The first-order chi connectivity index (χ1) is 9.99. The van der Waals surface area contributed by atoms with Gasteiger partial charge in [-0.2, -0.15) is 0 Å². The van der Waals surface area contributed by atoms with Crippen molar-refractivity contribution in [3.05, 3.63) is 63.6 Å². The van der Waals surface area contributed by atoms with E-state index in [0.717, 1.165) is 0 Å². The monoisotopic (exact) mass is 304 g/mol. The van der Waals surface area contributed by atoms with Gasteiger partial charge in [0.15, 0.2) is 5.76 Å². The van der Waals surface area contributed by atoms with E-state index in [-0.39, 0.29) is 27.9 Å². The molecule has 0 bridgehead atoms. The summed E-state index contributed by atoms with van der Waals surface area (Å²) in [5, 5.41) is 9.83. The molecule has 0 saturated carbocycles. The number of ether oxygens (including phenoxy) is 1. The number of phenolic OH excluding ortho intramolecular Hbond substituents is 1. The van der Waals surface area contributed by atoms with Crippen molar-refractivity contribution in [1.29, 1.82) is 0 Å². The highest BCUT2D eigenvalue weighted by Gasteiger charge is 2.30. The molecular formula is C16H10ClFO3. The maximum atomic E-state index is 13.8. The molecule has 1 aliphatic rings. The van der Waals surface area contributed by atoms with E-state index in [1.807, 2.05) is 0 Å². The van der Waals surface area contributed by atoms with Crippen LogP contribution in [0.25, 0.3) is 6.08 Å². The molecule has 3 nitrogen and oxygen atoms in total. The molecule has 1 heterocycles. The molecule has 0 saturated heterocycles. The summed E-state index contributed by atoms with van der Waals surface area (Å²) in [5.41, 5.74) is 0.894. The van der Waals surface area contributed by atoms with E-state index in [1.165, 1.54) is 36.4 Å². The third-order valence-corrected chi connectivity index (χ3v) is 3.66. The molecule has 2 aromatic carbocycles. The molecule has 1 aliphatic heterocycles. The van der Waals surface area contributed by atoms with Gasteiger partial charge in [0.25, 0.3) is 0 Å². The largest absolute Gasteiger partial charge is 0.508 e. The molecule has 3 rings (SSSR count). The van der Waals surface area contributed by atoms with E-state index >= 15 is 0 Å². The van der Waals surface area contributed by atoms with Gasteiger partial charge in [-0.05, 0) is 37.3 Å². The fourth-order valence-corrected chi connectivity index (χ4v) is 2.37. The van der Waals surface area contributed by atoms with Crippen LogP contribution < -0.4 is 4.74 Å². The topological polar surface area (TPSA) is 46.5 Å².